The second kappa shape index (κ2) is 4.74. The van der Waals surface area contributed by atoms with E-state index in [-0.39, 0.29) is 11.5 Å². The number of hydrogen-bond donors (Lipinski definition) is 1. The molecule has 0 radical (unpaired) electrons. The molecule has 4 rings (SSSR count). The molecule has 1 heterocycles. The quantitative estimate of drug-likeness (QED) is 0.901. The third-order valence-electron chi connectivity index (χ3n) is 6.12. The molecule has 4 unspecified atom stereocenters. The van der Waals surface area contributed by atoms with Gasteiger partial charge in [-0.05, 0) is 61.1 Å². The van der Waals surface area contributed by atoms with Crippen LogP contribution in [0.2, 0.25) is 0 Å². The Kier molecular flexibility index (Phi) is 3.08. The largest absolute Gasteiger partial charge is 0.492 e. The minimum atomic E-state index is -0.309. The minimum Gasteiger partial charge on any atom is -0.492 e. The van der Waals surface area contributed by atoms with Gasteiger partial charge in [0, 0.05) is 11.0 Å². The first-order valence-corrected chi connectivity index (χ1v) is 8.48. The summed E-state index contributed by atoms with van der Waals surface area (Å²) in [6.07, 6.45) is 6.23. The first-order chi connectivity index (χ1) is 10.0. The van der Waals surface area contributed by atoms with E-state index in [1.807, 2.05) is 6.07 Å². The normalized spacial score (nSPS) is 33.8. The molecule has 21 heavy (non-hydrogen) atoms. The molecule has 3 aliphatic rings. The maximum atomic E-state index is 10.7. The number of hydrogen-bond acceptors (Lipinski definition) is 2. The van der Waals surface area contributed by atoms with Crippen LogP contribution in [0.15, 0.2) is 18.2 Å². The molecule has 2 heteroatoms. The fourth-order valence-electron chi connectivity index (χ4n) is 4.83. The van der Waals surface area contributed by atoms with E-state index >= 15 is 0 Å². The maximum Gasteiger partial charge on any atom is 0.123 e. The van der Waals surface area contributed by atoms with Crippen molar-refractivity contribution in [1.82, 2.24) is 0 Å². The van der Waals surface area contributed by atoms with Crippen molar-refractivity contribution in [2.75, 3.05) is 6.61 Å². The lowest BCUT2D eigenvalue weighted by Crippen LogP contribution is -2.19. The van der Waals surface area contributed by atoms with Crippen molar-refractivity contribution >= 4 is 0 Å². The first kappa shape index (κ1) is 13.6. The van der Waals surface area contributed by atoms with Gasteiger partial charge in [0.05, 0.1) is 12.7 Å². The van der Waals surface area contributed by atoms with E-state index in [0.29, 0.717) is 0 Å². The summed E-state index contributed by atoms with van der Waals surface area (Å²) in [4.78, 5) is 0. The highest BCUT2D eigenvalue weighted by Gasteiger charge is 2.40. The standard InChI is InChI=1S/C19H26O2/c1-19(2)11-21-18-6-5-14(9-16(18)19)17(20)10-15-8-12-3-4-13(15)7-12/h5-6,9,12-13,15,17,20H,3-4,7-8,10-11H2,1-2H3. The zero-order chi connectivity index (χ0) is 14.6. The van der Waals surface area contributed by atoms with Crippen LogP contribution >= 0.6 is 0 Å². The van der Waals surface area contributed by atoms with Gasteiger partial charge in [-0.1, -0.05) is 26.3 Å². The Hall–Kier alpha value is -1.02. The van der Waals surface area contributed by atoms with Crippen molar-refractivity contribution in [1.29, 1.82) is 0 Å². The summed E-state index contributed by atoms with van der Waals surface area (Å²) in [6, 6.07) is 6.28. The van der Waals surface area contributed by atoms with Crippen LogP contribution in [0.25, 0.3) is 0 Å². The van der Waals surface area contributed by atoms with E-state index in [2.05, 4.69) is 26.0 Å². The van der Waals surface area contributed by atoms with Crippen molar-refractivity contribution < 1.29 is 9.84 Å². The molecule has 4 atom stereocenters. The highest BCUT2D eigenvalue weighted by atomic mass is 16.5. The predicted molar refractivity (Wildman–Crippen MR) is 83.5 cm³/mol. The SMILES string of the molecule is CC1(C)COc2ccc(C(O)CC3CC4CCC3C4)cc21. The molecule has 0 spiro atoms. The maximum absolute atomic E-state index is 10.7. The lowest BCUT2D eigenvalue weighted by Gasteiger charge is -2.25. The van der Waals surface area contributed by atoms with Crippen molar-refractivity contribution in [2.24, 2.45) is 17.8 Å². The molecule has 1 N–H and O–H groups in total. The van der Waals surface area contributed by atoms with Crippen LogP contribution in [0.1, 0.15) is 63.2 Å². The Labute approximate surface area is 127 Å². The van der Waals surface area contributed by atoms with Crippen molar-refractivity contribution in [3.63, 3.8) is 0 Å². The third-order valence-corrected chi connectivity index (χ3v) is 6.12. The molecular formula is C19H26O2. The van der Waals surface area contributed by atoms with Crippen molar-refractivity contribution in [3.8, 4) is 5.75 Å². The Bertz CT molecular complexity index is 548. The molecule has 0 saturated heterocycles. The lowest BCUT2D eigenvalue weighted by molar-refractivity contribution is 0.125. The molecule has 0 amide bonds. The lowest BCUT2D eigenvalue weighted by atomic mass is 9.82. The average Bonchev–Trinajstić information content (AvgIpc) is 3.14. The van der Waals surface area contributed by atoms with E-state index in [1.54, 1.807) is 0 Å². The number of ether oxygens (including phenoxy) is 1. The van der Waals surface area contributed by atoms with Crippen LogP contribution in [0.3, 0.4) is 0 Å². The first-order valence-electron chi connectivity index (χ1n) is 8.48. The summed E-state index contributed by atoms with van der Waals surface area (Å²) in [5, 5.41) is 10.7. The molecular weight excluding hydrogens is 260 g/mol. The van der Waals surface area contributed by atoms with Gasteiger partial charge in [0.25, 0.3) is 0 Å². The molecule has 2 aliphatic carbocycles. The van der Waals surface area contributed by atoms with E-state index in [4.69, 9.17) is 4.74 Å². The van der Waals surface area contributed by atoms with E-state index in [1.165, 1.54) is 31.2 Å². The molecule has 114 valence electrons. The van der Waals surface area contributed by atoms with Crippen LogP contribution in [-0.2, 0) is 5.41 Å². The van der Waals surface area contributed by atoms with Gasteiger partial charge in [0.2, 0.25) is 0 Å². The number of fused-ring (bicyclic) bond motifs is 3. The minimum absolute atomic E-state index is 0.0670. The highest BCUT2D eigenvalue weighted by molar-refractivity contribution is 5.45. The highest BCUT2D eigenvalue weighted by Crippen LogP contribution is 2.51. The molecule has 1 aromatic rings. The van der Waals surface area contributed by atoms with Crippen LogP contribution in [-0.4, -0.2) is 11.7 Å². The van der Waals surface area contributed by atoms with Gasteiger partial charge >= 0.3 is 0 Å². The fraction of sp³-hybridized carbons (Fsp3) is 0.684. The van der Waals surface area contributed by atoms with Gasteiger partial charge in [-0.15, -0.1) is 0 Å². The molecule has 2 saturated carbocycles. The zero-order valence-electron chi connectivity index (χ0n) is 13.1. The molecule has 1 aliphatic heterocycles. The predicted octanol–water partition coefficient (Wildman–Crippen LogP) is 4.22. The Morgan fingerprint density at radius 2 is 2.14 bits per heavy atom. The topological polar surface area (TPSA) is 29.5 Å². The second-order valence-corrected chi connectivity index (χ2v) is 8.11. The summed E-state index contributed by atoms with van der Waals surface area (Å²) in [5.74, 6) is 3.59. The summed E-state index contributed by atoms with van der Waals surface area (Å²) >= 11 is 0. The van der Waals surface area contributed by atoms with Crippen LogP contribution in [0, 0.1) is 17.8 Å². The third kappa shape index (κ3) is 2.28. The van der Waals surface area contributed by atoms with E-state index in [9.17, 15) is 5.11 Å². The van der Waals surface area contributed by atoms with E-state index < -0.39 is 0 Å². The van der Waals surface area contributed by atoms with Gasteiger partial charge in [0.15, 0.2) is 0 Å². The van der Waals surface area contributed by atoms with Crippen molar-refractivity contribution in [3.05, 3.63) is 29.3 Å². The van der Waals surface area contributed by atoms with Gasteiger partial charge < -0.3 is 9.84 Å². The molecule has 2 bridgehead atoms. The average molecular weight is 286 g/mol. The zero-order valence-corrected chi connectivity index (χ0v) is 13.1. The van der Waals surface area contributed by atoms with E-state index in [0.717, 1.165) is 42.1 Å². The second-order valence-electron chi connectivity index (χ2n) is 8.11. The summed E-state index contributed by atoms with van der Waals surface area (Å²) in [7, 11) is 0. The van der Waals surface area contributed by atoms with Crippen LogP contribution < -0.4 is 4.74 Å². The molecule has 1 aromatic carbocycles. The summed E-state index contributed by atoms with van der Waals surface area (Å²) in [6.45, 7) is 5.17. The fourth-order valence-corrected chi connectivity index (χ4v) is 4.83. The van der Waals surface area contributed by atoms with Crippen molar-refractivity contribution in [2.45, 2.75) is 57.5 Å². The summed E-state index contributed by atoms with van der Waals surface area (Å²) in [5.41, 5.74) is 2.40. The van der Waals surface area contributed by atoms with Gasteiger partial charge in [0.1, 0.15) is 5.75 Å². The monoisotopic (exact) mass is 286 g/mol. The molecule has 2 nitrogen and oxygen atoms in total. The van der Waals surface area contributed by atoms with Gasteiger partial charge in [-0.2, -0.15) is 0 Å². The van der Waals surface area contributed by atoms with Gasteiger partial charge in [-0.25, -0.2) is 0 Å². The Balaban J connectivity index is 1.51. The number of benzene rings is 1. The smallest absolute Gasteiger partial charge is 0.123 e. The molecule has 0 aromatic heterocycles. The number of aliphatic hydroxyl groups excluding tert-OH is 1. The van der Waals surface area contributed by atoms with Crippen LogP contribution in [0.5, 0.6) is 5.75 Å². The van der Waals surface area contributed by atoms with Crippen LogP contribution in [0.4, 0.5) is 0 Å². The number of rotatable bonds is 3. The Morgan fingerprint density at radius 1 is 1.29 bits per heavy atom. The van der Waals surface area contributed by atoms with Gasteiger partial charge in [-0.3, -0.25) is 0 Å². The Morgan fingerprint density at radius 3 is 2.86 bits per heavy atom. The molecule has 2 fully saturated rings. The number of aliphatic hydroxyl groups is 1. The summed E-state index contributed by atoms with van der Waals surface area (Å²) < 4.78 is 5.74.